The van der Waals surface area contributed by atoms with E-state index in [0.29, 0.717) is 17.2 Å². The average Bonchev–Trinajstić information content (AvgIpc) is 2.86. The van der Waals surface area contributed by atoms with Gasteiger partial charge in [0, 0.05) is 0 Å². The average molecular weight is 447 g/mol. The van der Waals surface area contributed by atoms with Gasteiger partial charge < -0.3 is 4.74 Å². The van der Waals surface area contributed by atoms with Crippen molar-refractivity contribution in [3.63, 3.8) is 0 Å². The Morgan fingerprint density at radius 1 is 0.758 bits per heavy atom. The third-order valence-electron chi connectivity index (χ3n) is 8.32. The number of carbonyl (C=O) groups excluding carboxylic acids is 1. The Morgan fingerprint density at radius 2 is 1.36 bits per heavy atom. The van der Waals surface area contributed by atoms with Gasteiger partial charge in [-0.1, -0.05) is 70.2 Å². The normalized spacial score (nSPS) is 25.5. The molecule has 0 saturated heterocycles. The highest BCUT2D eigenvalue weighted by molar-refractivity contribution is 5.91. The lowest BCUT2D eigenvalue weighted by Gasteiger charge is -2.38. The molecule has 0 spiro atoms. The van der Waals surface area contributed by atoms with E-state index in [4.69, 9.17) is 4.74 Å². The van der Waals surface area contributed by atoms with E-state index in [0.717, 1.165) is 30.6 Å². The number of ether oxygens (including phenoxy) is 1. The highest BCUT2D eigenvalue weighted by atomic mass is 16.5. The van der Waals surface area contributed by atoms with Crippen LogP contribution in [0.4, 0.5) is 0 Å². The molecule has 2 aliphatic rings. The molecule has 2 aromatic rings. The van der Waals surface area contributed by atoms with Crippen molar-refractivity contribution in [2.24, 2.45) is 17.8 Å². The first kappa shape index (κ1) is 24.0. The number of hydrogen-bond donors (Lipinski definition) is 0. The Balaban J connectivity index is 1.24. The standard InChI is InChI=1S/C31H42O2/c1-3-5-23-7-11-25(12-8-23)26-15-17-27(18-16-26)28-19-21-30(22-20-28)33-31(32)29-13-9-24(6-4-2)10-14-29/h9-10,13-14,19-23,25-27H,3-8,11-12,15-18H2,1-2H3/t23-,25-,26-,27-. The smallest absolute Gasteiger partial charge is 0.343 e. The largest absolute Gasteiger partial charge is 0.423 e. The predicted molar refractivity (Wildman–Crippen MR) is 137 cm³/mol. The fraction of sp³-hybridized carbons (Fsp3) is 0.581. The summed E-state index contributed by atoms with van der Waals surface area (Å²) in [7, 11) is 0. The van der Waals surface area contributed by atoms with E-state index in [1.54, 1.807) is 0 Å². The summed E-state index contributed by atoms with van der Waals surface area (Å²) >= 11 is 0. The molecule has 178 valence electrons. The van der Waals surface area contributed by atoms with Crippen LogP contribution in [0, 0.1) is 17.8 Å². The first-order valence-electron chi connectivity index (χ1n) is 13.6. The first-order chi connectivity index (χ1) is 16.2. The maximum Gasteiger partial charge on any atom is 0.343 e. The Bertz CT molecular complexity index is 851. The van der Waals surface area contributed by atoms with Crippen LogP contribution in [0.3, 0.4) is 0 Å². The van der Waals surface area contributed by atoms with Crippen LogP contribution in [0.15, 0.2) is 48.5 Å². The molecule has 0 radical (unpaired) electrons. The Hall–Kier alpha value is -2.09. The second-order valence-electron chi connectivity index (χ2n) is 10.6. The second-order valence-corrected chi connectivity index (χ2v) is 10.6. The molecule has 0 atom stereocenters. The van der Waals surface area contributed by atoms with Crippen LogP contribution in [0.2, 0.25) is 0 Å². The molecule has 0 N–H and O–H groups in total. The van der Waals surface area contributed by atoms with Gasteiger partial charge in [-0.15, -0.1) is 0 Å². The van der Waals surface area contributed by atoms with Crippen molar-refractivity contribution < 1.29 is 9.53 Å². The fourth-order valence-corrected chi connectivity index (χ4v) is 6.35. The highest BCUT2D eigenvalue weighted by Gasteiger charge is 2.31. The fourth-order valence-electron chi connectivity index (χ4n) is 6.35. The molecule has 33 heavy (non-hydrogen) atoms. The Kier molecular flexibility index (Phi) is 8.64. The van der Waals surface area contributed by atoms with E-state index in [2.05, 4.69) is 26.0 Å². The van der Waals surface area contributed by atoms with Crippen molar-refractivity contribution in [2.45, 2.75) is 96.8 Å². The number of esters is 1. The minimum atomic E-state index is -0.278. The summed E-state index contributed by atoms with van der Waals surface area (Å²) in [5.74, 6) is 3.97. The molecule has 2 fully saturated rings. The summed E-state index contributed by atoms with van der Waals surface area (Å²) in [6.45, 7) is 4.49. The molecule has 0 bridgehead atoms. The summed E-state index contributed by atoms with van der Waals surface area (Å²) in [5, 5.41) is 0. The Labute approximate surface area is 201 Å². The zero-order valence-corrected chi connectivity index (χ0v) is 20.7. The van der Waals surface area contributed by atoms with E-state index in [1.807, 2.05) is 36.4 Å². The van der Waals surface area contributed by atoms with Crippen molar-refractivity contribution in [1.29, 1.82) is 0 Å². The quantitative estimate of drug-likeness (QED) is 0.299. The van der Waals surface area contributed by atoms with Gasteiger partial charge in [0.1, 0.15) is 5.75 Å². The van der Waals surface area contributed by atoms with Crippen molar-refractivity contribution in [2.75, 3.05) is 0 Å². The van der Waals surface area contributed by atoms with Gasteiger partial charge in [0.2, 0.25) is 0 Å². The zero-order chi connectivity index (χ0) is 23.0. The number of carbonyl (C=O) groups is 1. The highest BCUT2D eigenvalue weighted by Crippen LogP contribution is 2.44. The summed E-state index contributed by atoms with van der Waals surface area (Å²) in [5.41, 5.74) is 3.28. The lowest BCUT2D eigenvalue weighted by Crippen LogP contribution is -2.25. The van der Waals surface area contributed by atoms with Crippen molar-refractivity contribution in [3.8, 4) is 5.75 Å². The molecule has 0 amide bonds. The van der Waals surface area contributed by atoms with Crippen LogP contribution >= 0.6 is 0 Å². The summed E-state index contributed by atoms with van der Waals surface area (Å²) in [4.78, 5) is 12.5. The van der Waals surface area contributed by atoms with Crippen molar-refractivity contribution in [1.82, 2.24) is 0 Å². The van der Waals surface area contributed by atoms with Gasteiger partial charge in [-0.3, -0.25) is 0 Å². The molecule has 0 heterocycles. The molecule has 2 heteroatoms. The molecule has 0 unspecified atom stereocenters. The number of hydrogen-bond acceptors (Lipinski definition) is 2. The van der Waals surface area contributed by atoms with Crippen molar-refractivity contribution >= 4 is 5.97 Å². The number of aryl methyl sites for hydroxylation is 1. The summed E-state index contributed by atoms with van der Waals surface area (Å²) in [6.07, 6.45) is 16.2. The summed E-state index contributed by atoms with van der Waals surface area (Å²) < 4.78 is 5.63. The number of benzene rings is 2. The molecular formula is C31H42O2. The molecular weight excluding hydrogens is 404 g/mol. The topological polar surface area (TPSA) is 26.3 Å². The minimum absolute atomic E-state index is 0.278. The first-order valence-corrected chi connectivity index (χ1v) is 13.6. The number of rotatable bonds is 8. The lowest BCUT2D eigenvalue weighted by atomic mass is 9.68. The molecule has 2 saturated carbocycles. The lowest BCUT2D eigenvalue weighted by molar-refractivity contribution is 0.0734. The van der Waals surface area contributed by atoms with Gasteiger partial charge in [-0.2, -0.15) is 0 Å². The van der Waals surface area contributed by atoms with Crippen molar-refractivity contribution in [3.05, 3.63) is 65.2 Å². The van der Waals surface area contributed by atoms with Crippen LogP contribution in [0.25, 0.3) is 0 Å². The van der Waals surface area contributed by atoms with Crippen LogP contribution in [-0.4, -0.2) is 5.97 Å². The molecule has 0 aromatic heterocycles. The van der Waals surface area contributed by atoms with Crippen LogP contribution < -0.4 is 4.74 Å². The predicted octanol–water partition coefficient (Wildman–Crippen LogP) is 8.74. The van der Waals surface area contributed by atoms with E-state index in [1.165, 1.54) is 75.3 Å². The van der Waals surface area contributed by atoms with Gasteiger partial charge in [-0.25, -0.2) is 4.79 Å². The second kappa shape index (κ2) is 11.9. The van der Waals surface area contributed by atoms with Gasteiger partial charge in [0.15, 0.2) is 0 Å². The minimum Gasteiger partial charge on any atom is -0.423 e. The zero-order valence-electron chi connectivity index (χ0n) is 20.7. The monoisotopic (exact) mass is 446 g/mol. The van der Waals surface area contributed by atoms with E-state index in [9.17, 15) is 4.79 Å². The SMILES string of the molecule is CCCc1ccc(C(=O)Oc2ccc([C@H]3CC[C@H]([C@H]4CC[C@H](CCC)CC4)CC3)cc2)cc1. The van der Waals surface area contributed by atoms with Gasteiger partial charge in [0.25, 0.3) is 0 Å². The van der Waals surface area contributed by atoms with Gasteiger partial charge in [-0.05, 0) is 104 Å². The maximum absolute atomic E-state index is 12.5. The third kappa shape index (κ3) is 6.49. The molecule has 2 aliphatic carbocycles. The van der Waals surface area contributed by atoms with Crippen LogP contribution in [0.1, 0.15) is 112 Å². The van der Waals surface area contributed by atoms with E-state index < -0.39 is 0 Å². The van der Waals surface area contributed by atoms with E-state index >= 15 is 0 Å². The molecule has 2 aromatic carbocycles. The van der Waals surface area contributed by atoms with Crippen LogP contribution in [0.5, 0.6) is 5.75 Å². The van der Waals surface area contributed by atoms with Gasteiger partial charge >= 0.3 is 5.97 Å². The van der Waals surface area contributed by atoms with E-state index in [-0.39, 0.29) is 5.97 Å². The maximum atomic E-state index is 12.5. The molecule has 4 rings (SSSR count). The van der Waals surface area contributed by atoms with Crippen LogP contribution in [-0.2, 0) is 6.42 Å². The Morgan fingerprint density at radius 3 is 1.94 bits per heavy atom. The molecule has 0 aliphatic heterocycles. The third-order valence-corrected chi connectivity index (χ3v) is 8.32. The summed E-state index contributed by atoms with van der Waals surface area (Å²) in [6, 6.07) is 16.1. The van der Waals surface area contributed by atoms with Gasteiger partial charge in [0.05, 0.1) is 5.56 Å². The molecule has 2 nitrogen and oxygen atoms in total.